The van der Waals surface area contributed by atoms with E-state index in [2.05, 4.69) is 10.3 Å². The molecule has 1 fully saturated rings. The molecular formula is C15H22N4O3. The number of ether oxygens (including phenoxy) is 2. The van der Waals surface area contributed by atoms with E-state index in [0.29, 0.717) is 43.6 Å². The average molecular weight is 306 g/mol. The first-order valence-corrected chi connectivity index (χ1v) is 7.25. The van der Waals surface area contributed by atoms with Crippen LogP contribution in [0.3, 0.4) is 0 Å². The van der Waals surface area contributed by atoms with E-state index in [1.807, 2.05) is 4.90 Å². The van der Waals surface area contributed by atoms with Crippen molar-refractivity contribution in [2.24, 2.45) is 10.7 Å². The fourth-order valence-corrected chi connectivity index (χ4v) is 2.10. The van der Waals surface area contributed by atoms with Gasteiger partial charge in [0.15, 0.2) is 5.96 Å². The van der Waals surface area contributed by atoms with E-state index in [4.69, 9.17) is 15.2 Å². The number of methoxy groups -OCH3 is 1. The molecule has 1 aromatic rings. The molecule has 1 aromatic carbocycles. The summed E-state index contributed by atoms with van der Waals surface area (Å²) >= 11 is 0. The smallest absolute Gasteiger partial charge is 0.251 e. The second kappa shape index (κ2) is 8.23. The van der Waals surface area contributed by atoms with E-state index >= 15 is 0 Å². The van der Waals surface area contributed by atoms with Gasteiger partial charge in [0.05, 0.1) is 26.9 Å². The summed E-state index contributed by atoms with van der Waals surface area (Å²) in [5.41, 5.74) is 6.47. The van der Waals surface area contributed by atoms with Gasteiger partial charge in [-0.2, -0.15) is 0 Å². The van der Waals surface area contributed by atoms with Crippen LogP contribution >= 0.6 is 0 Å². The lowest BCUT2D eigenvalue weighted by atomic mass is 10.2. The number of hydrogen-bond acceptors (Lipinski definition) is 4. The van der Waals surface area contributed by atoms with Gasteiger partial charge in [-0.05, 0) is 18.2 Å². The Hall–Kier alpha value is -2.28. The Labute approximate surface area is 130 Å². The summed E-state index contributed by atoms with van der Waals surface area (Å²) in [6, 6.07) is 7.01. The minimum Gasteiger partial charge on any atom is -0.497 e. The van der Waals surface area contributed by atoms with Crippen LogP contribution in [0.1, 0.15) is 10.4 Å². The number of amides is 1. The number of aliphatic imine (C=N–C) groups is 1. The van der Waals surface area contributed by atoms with Gasteiger partial charge < -0.3 is 25.4 Å². The van der Waals surface area contributed by atoms with E-state index in [1.54, 1.807) is 31.4 Å². The van der Waals surface area contributed by atoms with Crippen LogP contribution in [0.15, 0.2) is 29.3 Å². The lowest BCUT2D eigenvalue weighted by molar-refractivity contribution is 0.0674. The monoisotopic (exact) mass is 306 g/mol. The molecule has 0 radical (unpaired) electrons. The zero-order valence-electron chi connectivity index (χ0n) is 12.7. The highest BCUT2D eigenvalue weighted by atomic mass is 16.5. The zero-order valence-corrected chi connectivity index (χ0v) is 12.7. The Morgan fingerprint density at radius 3 is 2.95 bits per heavy atom. The summed E-state index contributed by atoms with van der Waals surface area (Å²) in [5.74, 6) is 1.00. The second-order valence-corrected chi connectivity index (χ2v) is 4.83. The molecule has 1 aliphatic heterocycles. The van der Waals surface area contributed by atoms with Crippen molar-refractivity contribution in [1.29, 1.82) is 0 Å². The van der Waals surface area contributed by atoms with Crippen molar-refractivity contribution in [1.82, 2.24) is 10.2 Å². The molecule has 0 spiro atoms. The summed E-state index contributed by atoms with van der Waals surface area (Å²) in [6.07, 6.45) is 0. The molecular weight excluding hydrogens is 284 g/mol. The molecule has 22 heavy (non-hydrogen) atoms. The van der Waals surface area contributed by atoms with E-state index < -0.39 is 0 Å². The first-order valence-electron chi connectivity index (χ1n) is 7.25. The van der Waals surface area contributed by atoms with Crippen molar-refractivity contribution in [3.8, 4) is 5.75 Å². The molecule has 3 N–H and O–H groups in total. The highest BCUT2D eigenvalue weighted by Crippen LogP contribution is 2.12. The summed E-state index contributed by atoms with van der Waals surface area (Å²) in [5, 5.41) is 2.81. The van der Waals surface area contributed by atoms with Gasteiger partial charge in [-0.3, -0.25) is 9.79 Å². The summed E-state index contributed by atoms with van der Waals surface area (Å²) in [4.78, 5) is 18.2. The predicted molar refractivity (Wildman–Crippen MR) is 84.2 cm³/mol. The van der Waals surface area contributed by atoms with Crippen LogP contribution in [0.25, 0.3) is 0 Å². The molecule has 1 heterocycles. The third-order valence-corrected chi connectivity index (χ3v) is 3.34. The van der Waals surface area contributed by atoms with Crippen LogP contribution in [0, 0.1) is 0 Å². The Kier molecular flexibility index (Phi) is 6.02. The van der Waals surface area contributed by atoms with Gasteiger partial charge >= 0.3 is 0 Å². The van der Waals surface area contributed by atoms with Crippen LogP contribution in [0.5, 0.6) is 5.75 Å². The average Bonchev–Trinajstić information content (AvgIpc) is 2.59. The van der Waals surface area contributed by atoms with Crippen molar-refractivity contribution in [2.45, 2.75) is 0 Å². The normalized spacial score (nSPS) is 15.5. The molecule has 7 nitrogen and oxygen atoms in total. The van der Waals surface area contributed by atoms with Crippen molar-refractivity contribution in [2.75, 3.05) is 46.5 Å². The van der Waals surface area contributed by atoms with Gasteiger partial charge in [0, 0.05) is 25.2 Å². The fourth-order valence-electron chi connectivity index (χ4n) is 2.10. The van der Waals surface area contributed by atoms with Crippen LogP contribution < -0.4 is 15.8 Å². The van der Waals surface area contributed by atoms with Crippen LogP contribution in [-0.4, -0.2) is 63.3 Å². The summed E-state index contributed by atoms with van der Waals surface area (Å²) in [6.45, 7) is 3.72. The molecule has 0 aliphatic carbocycles. The number of rotatable bonds is 5. The molecule has 0 atom stereocenters. The number of nitrogens with zero attached hydrogens (tertiary/aromatic N) is 2. The Morgan fingerprint density at radius 1 is 1.45 bits per heavy atom. The number of hydrogen-bond donors (Lipinski definition) is 2. The zero-order chi connectivity index (χ0) is 15.8. The molecule has 0 bridgehead atoms. The lowest BCUT2D eigenvalue weighted by Crippen LogP contribution is -2.45. The molecule has 1 amide bonds. The van der Waals surface area contributed by atoms with Crippen LogP contribution in [0.4, 0.5) is 0 Å². The molecule has 0 aromatic heterocycles. The largest absolute Gasteiger partial charge is 0.497 e. The number of nitrogens with two attached hydrogens (primary N) is 1. The number of morpholine rings is 1. The minimum absolute atomic E-state index is 0.154. The quantitative estimate of drug-likeness (QED) is 0.456. The van der Waals surface area contributed by atoms with E-state index in [9.17, 15) is 4.79 Å². The number of benzene rings is 1. The van der Waals surface area contributed by atoms with E-state index in [1.165, 1.54) is 0 Å². The SMILES string of the molecule is COc1cccc(C(=O)NCCN=C(N)N2CCOCC2)c1. The molecule has 0 unspecified atom stereocenters. The number of guanidine groups is 1. The highest BCUT2D eigenvalue weighted by Gasteiger charge is 2.11. The molecule has 2 rings (SSSR count). The molecule has 120 valence electrons. The molecule has 7 heteroatoms. The Bertz CT molecular complexity index is 527. The topological polar surface area (TPSA) is 89.2 Å². The summed E-state index contributed by atoms with van der Waals surface area (Å²) in [7, 11) is 1.57. The number of carbonyl (C=O) groups is 1. The van der Waals surface area contributed by atoms with E-state index in [-0.39, 0.29) is 5.91 Å². The van der Waals surface area contributed by atoms with Crippen LogP contribution in [0.2, 0.25) is 0 Å². The summed E-state index contributed by atoms with van der Waals surface area (Å²) < 4.78 is 10.4. The lowest BCUT2D eigenvalue weighted by Gasteiger charge is -2.27. The van der Waals surface area contributed by atoms with Crippen molar-refractivity contribution >= 4 is 11.9 Å². The highest BCUT2D eigenvalue weighted by molar-refractivity contribution is 5.94. The first kappa shape index (κ1) is 16.1. The standard InChI is InChI=1S/C15H22N4O3/c1-21-13-4-2-3-12(11-13)14(20)17-5-6-18-15(16)19-7-9-22-10-8-19/h2-4,11H,5-10H2,1H3,(H2,16,18)(H,17,20). The Morgan fingerprint density at radius 2 is 2.23 bits per heavy atom. The maximum Gasteiger partial charge on any atom is 0.251 e. The number of nitrogens with one attached hydrogen (secondary N) is 1. The molecule has 1 aliphatic rings. The maximum atomic E-state index is 12.0. The third kappa shape index (κ3) is 4.63. The fraction of sp³-hybridized carbons (Fsp3) is 0.467. The second-order valence-electron chi connectivity index (χ2n) is 4.83. The first-order chi connectivity index (χ1) is 10.7. The van der Waals surface area contributed by atoms with Crippen molar-refractivity contribution in [3.05, 3.63) is 29.8 Å². The van der Waals surface area contributed by atoms with Gasteiger partial charge in [0.25, 0.3) is 5.91 Å². The van der Waals surface area contributed by atoms with Gasteiger partial charge in [-0.15, -0.1) is 0 Å². The third-order valence-electron chi connectivity index (χ3n) is 3.34. The maximum absolute atomic E-state index is 12.0. The van der Waals surface area contributed by atoms with Gasteiger partial charge in [0.1, 0.15) is 5.75 Å². The molecule has 1 saturated heterocycles. The Balaban J connectivity index is 1.76. The predicted octanol–water partition coefficient (Wildman–Crippen LogP) is 0.0719. The van der Waals surface area contributed by atoms with Crippen LogP contribution in [-0.2, 0) is 4.74 Å². The minimum atomic E-state index is -0.154. The van der Waals surface area contributed by atoms with Gasteiger partial charge in [-0.25, -0.2) is 0 Å². The molecule has 0 saturated carbocycles. The van der Waals surface area contributed by atoms with Gasteiger partial charge in [0.2, 0.25) is 0 Å². The van der Waals surface area contributed by atoms with Gasteiger partial charge in [-0.1, -0.05) is 6.07 Å². The number of carbonyl (C=O) groups excluding carboxylic acids is 1. The van der Waals surface area contributed by atoms with Crippen molar-refractivity contribution in [3.63, 3.8) is 0 Å². The van der Waals surface area contributed by atoms with E-state index in [0.717, 1.165) is 13.1 Å². The van der Waals surface area contributed by atoms with Crippen molar-refractivity contribution < 1.29 is 14.3 Å².